The standard InChI is InChI=1S/C12H20N2O4S/c1-11(2,3)18-10(17)14-6-12(7-14)13-8(9(15)16)4-5-19-12/h8,13H,4-7H2,1-3H3,(H,15,16). The first-order chi connectivity index (χ1) is 8.71. The van der Waals surface area contributed by atoms with Crippen LogP contribution in [0.2, 0.25) is 0 Å². The number of rotatable bonds is 1. The monoisotopic (exact) mass is 288 g/mol. The van der Waals surface area contributed by atoms with Crippen molar-refractivity contribution in [3.63, 3.8) is 0 Å². The number of aliphatic carboxylic acids is 1. The van der Waals surface area contributed by atoms with Gasteiger partial charge in [0.1, 0.15) is 16.5 Å². The van der Waals surface area contributed by atoms with Gasteiger partial charge in [0.25, 0.3) is 0 Å². The van der Waals surface area contributed by atoms with E-state index in [0.29, 0.717) is 19.5 Å². The van der Waals surface area contributed by atoms with E-state index in [9.17, 15) is 9.59 Å². The summed E-state index contributed by atoms with van der Waals surface area (Å²) >= 11 is 1.69. The second kappa shape index (κ2) is 4.86. The van der Waals surface area contributed by atoms with E-state index in [-0.39, 0.29) is 11.0 Å². The van der Waals surface area contributed by atoms with Crippen LogP contribution in [0.3, 0.4) is 0 Å². The molecule has 0 saturated carbocycles. The molecule has 0 radical (unpaired) electrons. The smallest absolute Gasteiger partial charge is 0.410 e. The molecule has 2 aliphatic heterocycles. The van der Waals surface area contributed by atoms with Crippen LogP contribution in [0.5, 0.6) is 0 Å². The summed E-state index contributed by atoms with van der Waals surface area (Å²) in [6.07, 6.45) is 0.284. The zero-order valence-corrected chi connectivity index (χ0v) is 12.2. The summed E-state index contributed by atoms with van der Waals surface area (Å²) in [5.41, 5.74) is -0.503. The van der Waals surface area contributed by atoms with Gasteiger partial charge in [-0.2, -0.15) is 0 Å². The minimum Gasteiger partial charge on any atom is -0.480 e. The Hall–Kier alpha value is -0.950. The lowest BCUT2D eigenvalue weighted by Gasteiger charge is -2.52. The summed E-state index contributed by atoms with van der Waals surface area (Å²) in [7, 11) is 0. The van der Waals surface area contributed by atoms with Crippen LogP contribution in [0.25, 0.3) is 0 Å². The summed E-state index contributed by atoms with van der Waals surface area (Å²) in [5.74, 6) is -0.0260. The third-order valence-electron chi connectivity index (χ3n) is 3.06. The Labute approximate surface area is 116 Å². The molecule has 1 spiro atoms. The van der Waals surface area contributed by atoms with Crippen LogP contribution in [0.1, 0.15) is 27.2 Å². The van der Waals surface area contributed by atoms with Crippen LogP contribution in [0.15, 0.2) is 0 Å². The fourth-order valence-corrected chi connectivity index (χ4v) is 3.66. The van der Waals surface area contributed by atoms with Gasteiger partial charge in [-0.3, -0.25) is 10.1 Å². The lowest BCUT2D eigenvalue weighted by Crippen LogP contribution is -2.72. The van der Waals surface area contributed by atoms with Gasteiger partial charge in [0, 0.05) is 0 Å². The number of carboxylic acid groups (broad SMARTS) is 1. The molecule has 2 heterocycles. The van der Waals surface area contributed by atoms with Crippen LogP contribution < -0.4 is 5.32 Å². The maximum atomic E-state index is 11.8. The molecule has 1 unspecified atom stereocenters. The Morgan fingerprint density at radius 1 is 1.42 bits per heavy atom. The van der Waals surface area contributed by atoms with Crippen molar-refractivity contribution in [1.82, 2.24) is 10.2 Å². The van der Waals surface area contributed by atoms with Crippen molar-refractivity contribution in [2.75, 3.05) is 18.8 Å². The lowest BCUT2D eigenvalue weighted by atomic mass is 10.1. The highest BCUT2D eigenvalue weighted by atomic mass is 32.2. The second-order valence-corrected chi connectivity index (χ2v) is 7.48. The van der Waals surface area contributed by atoms with Crippen molar-refractivity contribution in [3.05, 3.63) is 0 Å². The molecule has 7 heteroatoms. The summed E-state index contributed by atoms with van der Waals surface area (Å²) in [4.78, 5) is 24.1. The first-order valence-electron chi connectivity index (χ1n) is 6.33. The van der Waals surface area contributed by atoms with Crippen LogP contribution in [0.4, 0.5) is 4.79 Å². The first kappa shape index (κ1) is 14.5. The highest BCUT2D eigenvalue weighted by molar-refractivity contribution is 8.00. The van der Waals surface area contributed by atoms with E-state index in [1.165, 1.54) is 0 Å². The molecule has 1 amide bonds. The average molecular weight is 288 g/mol. The van der Waals surface area contributed by atoms with E-state index >= 15 is 0 Å². The van der Waals surface area contributed by atoms with Gasteiger partial charge in [-0.05, 0) is 32.9 Å². The molecule has 2 rings (SSSR count). The average Bonchev–Trinajstić information content (AvgIpc) is 2.23. The van der Waals surface area contributed by atoms with Gasteiger partial charge in [-0.25, -0.2) is 4.79 Å². The normalized spacial score (nSPS) is 25.8. The predicted molar refractivity (Wildman–Crippen MR) is 72.2 cm³/mol. The van der Waals surface area contributed by atoms with E-state index in [1.807, 2.05) is 20.8 Å². The third kappa shape index (κ3) is 3.33. The van der Waals surface area contributed by atoms with Gasteiger partial charge in [0.2, 0.25) is 0 Å². The minimum atomic E-state index is -0.824. The lowest BCUT2D eigenvalue weighted by molar-refractivity contribution is -0.140. The van der Waals surface area contributed by atoms with Crippen LogP contribution >= 0.6 is 11.8 Å². The van der Waals surface area contributed by atoms with E-state index in [2.05, 4.69) is 5.32 Å². The number of likely N-dealkylation sites (tertiary alicyclic amines) is 1. The fourth-order valence-electron chi connectivity index (χ4n) is 2.20. The fraction of sp³-hybridized carbons (Fsp3) is 0.833. The number of carboxylic acids is 1. The van der Waals surface area contributed by atoms with Gasteiger partial charge in [0.15, 0.2) is 0 Å². The van der Waals surface area contributed by atoms with E-state index in [4.69, 9.17) is 9.84 Å². The Kier molecular flexibility index (Phi) is 3.70. The summed E-state index contributed by atoms with van der Waals surface area (Å²) in [6, 6.07) is -0.512. The van der Waals surface area contributed by atoms with Crippen molar-refractivity contribution in [1.29, 1.82) is 0 Å². The number of nitrogens with zero attached hydrogens (tertiary/aromatic N) is 1. The number of thioether (sulfide) groups is 1. The zero-order valence-electron chi connectivity index (χ0n) is 11.4. The van der Waals surface area contributed by atoms with Crippen molar-refractivity contribution < 1.29 is 19.4 Å². The Bertz CT molecular complexity index is 388. The van der Waals surface area contributed by atoms with Crippen LogP contribution in [-0.4, -0.2) is 57.4 Å². The first-order valence-corrected chi connectivity index (χ1v) is 7.32. The number of carbonyl (C=O) groups is 2. The van der Waals surface area contributed by atoms with Gasteiger partial charge < -0.3 is 14.7 Å². The largest absolute Gasteiger partial charge is 0.480 e. The van der Waals surface area contributed by atoms with E-state index < -0.39 is 17.6 Å². The van der Waals surface area contributed by atoms with E-state index in [1.54, 1.807) is 16.7 Å². The molecule has 6 nitrogen and oxygen atoms in total. The number of carbonyl (C=O) groups excluding carboxylic acids is 1. The molecule has 19 heavy (non-hydrogen) atoms. The molecule has 0 aliphatic carbocycles. The highest BCUT2D eigenvalue weighted by Gasteiger charge is 2.50. The molecule has 2 fully saturated rings. The Morgan fingerprint density at radius 2 is 2.05 bits per heavy atom. The Balaban J connectivity index is 1.88. The van der Waals surface area contributed by atoms with Crippen molar-refractivity contribution in [2.45, 2.75) is 43.7 Å². The zero-order chi connectivity index (χ0) is 14.3. The summed E-state index contributed by atoms with van der Waals surface area (Å²) in [6.45, 7) is 6.48. The summed E-state index contributed by atoms with van der Waals surface area (Å²) in [5, 5.41) is 12.2. The van der Waals surface area contributed by atoms with E-state index in [0.717, 1.165) is 5.75 Å². The maximum Gasteiger partial charge on any atom is 0.410 e. The third-order valence-corrected chi connectivity index (χ3v) is 4.43. The molecule has 0 bridgehead atoms. The molecule has 1 atom stereocenters. The highest BCUT2D eigenvalue weighted by Crippen LogP contribution is 2.37. The van der Waals surface area contributed by atoms with Crippen LogP contribution in [0, 0.1) is 0 Å². The molecule has 2 aliphatic rings. The Morgan fingerprint density at radius 3 is 2.58 bits per heavy atom. The molecule has 108 valence electrons. The van der Waals surface area contributed by atoms with Gasteiger partial charge >= 0.3 is 12.1 Å². The molecule has 2 N–H and O–H groups in total. The SMILES string of the molecule is CC(C)(C)OC(=O)N1CC2(C1)NC(C(=O)O)CCS2. The van der Waals surface area contributed by atoms with Crippen molar-refractivity contribution in [2.24, 2.45) is 0 Å². The van der Waals surface area contributed by atoms with Crippen LogP contribution in [-0.2, 0) is 9.53 Å². The molecule has 0 aromatic heterocycles. The number of nitrogens with one attached hydrogen (secondary N) is 1. The number of hydrogen-bond acceptors (Lipinski definition) is 5. The number of ether oxygens (including phenoxy) is 1. The minimum absolute atomic E-state index is 0.307. The quantitative estimate of drug-likeness (QED) is 0.752. The van der Waals surface area contributed by atoms with Crippen molar-refractivity contribution in [3.8, 4) is 0 Å². The molecular formula is C12H20N2O4S. The predicted octanol–water partition coefficient (Wildman–Crippen LogP) is 1.11. The molecule has 0 aromatic rings. The molecule has 2 saturated heterocycles. The summed E-state index contributed by atoms with van der Waals surface area (Å²) < 4.78 is 5.28. The van der Waals surface area contributed by atoms with Crippen molar-refractivity contribution >= 4 is 23.8 Å². The second-order valence-electron chi connectivity index (χ2n) is 6.00. The number of amides is 1. The van der Waals surface area contributed by atoms with Gasteiger partial charge in [0.05, 0.1) is 13.1 Å². The van der Waals surface area contributed by atoms with Gasteiger partial charge in [-0.1, -0.05) is 0 Å². The molecular weight excluding hydrogens is 268 g/mol. The molecule has 0 aromatic carbocycles. The van der Waals surface area contributed by atoms with Gasteiger partial charge in [-0.15, -0.1) is 11.8 Å². The number of hydrogen-bond donors (Lipinski definition) is 2. The maximum absolute atomic E-state index is 11.8. The topological polar surface area (TPSA) is 78.9 Å².